The molecular formula is C21H32N4O3. The quantitative estimate of drug-likeness (QED) is 0.690. The fraction of sp³-hybridized carbons (Fsp3) is 0.619. The van der Waals surface area contributed by atoms with Crippen LogP contribution >= 0.6 is 0 Å². The van der Waals surface area contributed by atoms with Crippen LogP contribution in [0.1, 0.15) is 25.8 Å². The maximum atomic E-state index is 12.7. The van der Waals surface area contributed by atoms with Crippen molar-refractivity contribution in [2.24, 2.45) is 5.92 Å². The molecule has 2 aliphatic rings. The minimum atomic E-state index is -0.404. The Bertz CT molecular complexity index is 707. The van der Waals surface area contributed by atoms with E-state index in [9.17, 15) is 9.59 Å². The normalized spacial score (nSPS) is 24.6. The molecule has 0 bridgehead atoms. The van der Waals surface area contributed by atoms with Crippen LogP contribution in [0.25, 0.3) is 0 Å². The van der Waals surface area contributed by atoms with Gasteiger partial charge >= 0.3 is 0 Å². The summed E-state index contributed by atoms with van der Waals surface area (Å²) in [7, 11) is 4.04. The number of carbonyl (C=O) groups is 2. The number of hydrogen-bond acceptors (Lipinski definition) is 5. The molecule has 0 aliphatic carbocycles. The van der Waals surface area contributed by atoms with Crippen molar-refractivity contribution in [1.29, 1.82) is 0 Å². The number of benzene rings is 1. The van der Waals surface area contributed by atoms with Crippen LogP contribution in [0.3, 0.4) is 0 Å². The minimum absolute atomic E-state index is 0.0288. The third-order valence-electron chi connectivity index (χ3n) is 5.42. The summed E-state index contributed by atoms with van der Waals surface area (Å²) < 4.78 is 5.79. The molecule has 2 heterocycles. The molecular weight excluding hydrogens is 356 g/mol. The molecule has 2 N–H and O–H groups in total. The Morgan fingerprint density at radius 2 is 2.11 bits per heavy atom. The molecule has 154 valence electrons. The van der Waals surface area contributed by atoms with Crippen molar-refractivity contribution in [3.8, 4) is 5.75 Å². The van der Waals surface area contributed by atoms with E-state index in [0.717, 1.165) is 17.9 Å². The number of fused-ring (bicyclic) bond motifs is 1. The molecule has 0 spiro atoms. The molecule has 0 saturated carbocycles. The molecule has 7 heteroatoms. The Labute approximate surface area is 167 Å². The van der Waals surface area contributed by atoms with E-state index in [0.29, 0.717) is 26.1 Å². The number of nitrogens with zero attached hydrogens (tertiary/aromatic N) is 2. The zero-order chi connectivity index (χ0) is 20.3. The first-order valence-electron chi connectivity index (χ1n) is 10.1. The molecule has 1 aromatic carbocycles. The standard InChI is InChI=1S/C21H32N4O3/c1-14(2)19-21(27)25-13-16(11-18(25)20(26)23-19)22-12-15-6-5-7-17(10-15)28-9-8-24(3)4/h5-7,10,14,16,18-19,22H,8-9,11-13H2,1-4H3,(H,23,26)/t16-,18-,19+/m0/s1. The van der Waals surface area contributed by atoms with E-state index in [1.807, 2.05) is 46.1 Å². The average Bonchev–Trinajstić information content (AvgIpc) is 3.08. The van der Waals surface area contributed by atoms with Crippen molar-refractivity contribution in [3.05, 3.63) is 29.8 Å². The molecule has 0 radical (unpaired) electrons. The minimum Gasteiger partial charge on any atom is -0.492 e. The van der Waals surface area contributed by atoms with Gasteiger partial charge < -0.3 is 25.2 Å². The molecule has 3 atom stereocenters. The third kappa shape index (κ3) is 4.83. The average molecular weight is 389 g/mol. The van der Waals surface area contributed by atoms with E-state index in [-0.39, 0.29) is 29.8 Å². The van der Waals surface area contributed by atoms with Gasteiger partial charge in [-0.2, -0.15) is 0 Å². The maximum absolute atomic E-state index is 12.7. The molecule has 7 nitrogen and oxygen atoms in total. The van der Waals surface area contributed by atoms with E-state index in [1.165, 1.54) is 0 Å². The molecule has 2 amide bonds. The highest BCUT2D eigenvalue weighted by Crippen LogP contribution is 2.25. The number of likely N-dealkylation sites (N-methyl/N-ethyl adjacent to an activating group) is 1. The van der Waals surface area contributed by atoms with Crippen LogP contribution in [0.4, 0.5) is 0 Å². The van der Waals surface area contributed by atoms with Gasteiger partial charge in [-0.3, -0.25) is 9.59 Å². The van der Waals surface area contributed by atoms with Crippen LogP contribution < -0.4 is 15.4 Å². The Hall–Kier alpha value is -2.12. The van der Waals surface area contributed by atoms with Crippen LogP contribution in [0.2, 0.25) is 0 Å². The summed E-state index contributed by atoms with van der Waals surface area (Å²) in [5.41, 5.74) is 1.13. The van der Waals surface area contributed by atoms with Gasteiger partial charge in [0.25, 0.3) is 0 Å². The number of ether oxygens (including phenoxy) is 1. The molecule has 28 heavy (non-hydrogen) atoms. The van der Waals surface area contributed by atoms with Crippen LogP contribution in [0, 0.1) is 5.92 Å². The lowest BCUT2D eigenvalue weighted by atomic mass is 9.98. The molecule has 2 saturated heterocycles. The topological polar surface area (TPSA) is 73.9 Å². The highest BCUT2D eigenvalue weighted by atomic mass is 16.5. The van der Waals surface area contributed by atoms with Gasteiger partial charge in [-0.05, 0) is 44.1 Å². The van der Waals surface area contributed by atoms with Gasteiger partial charge in [0.1, 0.15) is 24.4 Å². The molecule has 0 unspecified atom stereocenters. The first-order valence-corrected chi connectivity index (χ1v) is 10.1. The van der Waals surface area contributed by atoms with Crippen molar-refractivity contribution in [2.45, 2.75) is 44.9 Å². The monoisotopic (exact) mass is 388 g/mol. The van der Waals surface area contributed by atoms with Gasteiger partial charge in [-0.25, -0.2) is 0 Å². The number of amides is 2. The number of rotatable bonds is 8. The van der Waals surface area contributed by atoms with E-state index in [2.05, 4.69) is 21.6 Å². The van der Waals surface area contributed by atoms with Crippen molar-refractivity contribution >= 4 is 11.8 Å². The van der Waals surface area contributed by atoms with Gasteiger partial charge in [0.15, 0.2) is 0 Å². The summed E-state index contributed by atoms with van der Waals surface area (Å²) in [5.74, 6) is 0.970. The Morgan fingerprint density at radius 3 is 2.82 bits per heavy atom. The second-order valence-electron chi connectivity index (χ2n) is 8.35. The van der Waals surface area contributed by atoms with Gasteiger partial charge in [0, 0.05) is 25.7 Å². The summed E-state index contributed by atoms with van der Waals surface area (Å²) >= 11 is 0. The van der Waals surface area contributed by atoms with Crippen LogP contribution in [-0.2, 0) is 16.1 Å². The van der Waals surface area contributed by atoms with Crippen LogP contribution in [0.15, 0.2) is 24.3 Å². The van der Waals surface area contributed by atoms with Crippen molar-refractivity contribution < 1.29 is 14.3 Å². The highest BCUT2D eigenvalue weighted by Gasteiger charge is 2.46. The largest absolute Gasteiger partial charge is 0.492 e. The summed E-state index contributed by atoms with van der Waals surface area (Å²) in [6, 6.07) is 7.41. The van der Waals surface area contributed by atoms with Crippen molar-refractivity contribution in [3.63, 3.8) is 0 Å². The van der Waals surface area contributed by atoms with E-state index >= 15 is 0 Å². The predicted molar refractivity (Wildman–Crippen MR) is 108 cm³/mol. The Morgan fingerprint density at radius 1 is 1.32 bits per heavy atom. The van der Waals surface area contributed by atoms with Crippen molar-refractivity contribution in [1.82, 2.24) is 20.4 Å². The fourth-order valence-corrected chi connectivity index (χ4v) is 3.77. The first kappa shape index (κ1) is 20.6. The van der Waals surface area contributed by atoms with Gasteiger partial charge in [-0.15, -0.1) is 0 Å². The number of carbonyl (C=O) groups excluding carboxylic acids is 2. The van der Waals surface area contributed by atoms with E-state index in [4.69, 9.17) is 4.74 Å². The maximum Gasteiger partial charge on any atom is 0.246 e. The lowest BCUT2D eigenvalue weighted by molar-refractivity contribution is -0.148. The van der Waals surface area contributed by atoms with Crippen LogP contribution in [0.5, 0.6) is 5.75 Å². The molecule has 2 aliphatic heterocycles. The summed E-state index contributed by atoms with van der Waals surface area (Å²) in [5, 5.41) is 6.39. The lowest BCUT2D eigenvalue weighted by Crippen LogP contribution is -2.62. The lowest BCUT2D eigenvalue weighted by Gasteiger charge is -2.36. The number of piperazine rings is 1. The van der Waals surface area contributed by atoms with E-state index in [1.54, 1.807) is 4.90 Å². The summed E-state index contributed by atoms with van der Waals surface area (Å²) in [6.07, 6.45) is 0.654. The second kappa shape index (κ2) is 8.92. The Balaban J connectivity index is 1.54. The van der Waals surface area contributed by atoms with Gasteiger partial charge in [0.2, 0.25) is 11.8 Å². The number of nitrogens with one attached hydrogen (secondary N) is 2. The molecule has 3 rings (SSSR count). The highest BCUT2D eigenvalue weighted by molar-refractivity contribution is 5.97. The molecule has 0 aromatic heterocycles. The van der Waals surface area contributed by atoms with E-state index < -0.39 is 6.04 Å². The zero-order valence-electron chi connectivity index (χ0n) is 17.3. The summed E-state index contributed by atoms with van der Waals surface area (Å²) in [4.78, 5) is 28.9. The SMILES string of the molecule is CC(C)[C@H]1NC(=O)[C@@H]2C[C@H](NCc3cccc(OCCN(C)C)c3)CN2C1=O. The van der Waals surface area contributed by atoms with Gasteiger partial charge in [0.05, 0.1) is 0 Å². The second-order valence-corrected chi connectivity index (χ2v) is 8.35. The third-order valence-corrected chi connectivity index (χ3v) is 5.42. The zero-order valence-corrected chi connectivity index (χ0v) is 17.3. The van der Waals surface area contributed by atoms with Crippen molar-refractivity contribution in [2.75, 3.05) is 33.8 Å². The van der Waals surface area contributed by atoms with Crippen LogP contribution in [-0.4, -0.2) is 73.5 Å². The number of hydrogen-bond donors (Lipinski definition) is 2. The Kier molecular flexibility index (Phi) is 6.57. The smallest absolute Gasteiger partial charge is 0.246 e. The molecule has 2 fully saturated rings. The fourth-order valence-electron chi connectivity index (χ4n) is 3.77. The summed E-state index contributed by atoms with van der Waals surface area (Å²) in [6.45, 7) is 6.70. The molecule has 1 aromatic rings. The predicted octanol–water partition coefficient (Wildman–Crippen LogP) is 0.841. The first-order chi connectivity index (χ1) is 13.3. The van der Waals surface area contributed by atoms with Gasteiger partial charge in [-0.1, -0.05) is 26.0 Å².